The molecule has 5 rings (SSSR count). The van der Waals surface area contributed by atoms with E-state index in [0.29, 0.717) is 25.9 Å². The number of aliphatic hydroxyl groups is 1. The number of hydrogen-bond donors (Lipinski definition) is 2. The van der Waals surface area contributed by atoms with Crippen LogP contribution < -0.4 is 5.14 Å². The molecule has 1 aromatic heterocycles. The van der Waals surface area contributed by atoms with Crippen LogP contribution in [0.1, 0.15) is 37.3 Å². The second-order valence-corrected chi connectivity index (χ2v) is 9.72. The van der Waals surface area contributed by atoms with Crippen molar-refractivity contribution in [2.75, 3.05) is 13.1 Å². The zero-order valence-corrected chi connectivity index (χ0v) is 15.8. The Balaban J connectivity index is 1.44. The molecule has 2 aromatic rings. The van der Waals surface area contributed by atoms with Crippen LogP contribution in [0, 0.1) is 11.3 Å². The van der Waals surface area contributed by atoms with Gasteiger partial charge in [0.2, 0.25) is 0 Å². The van der Waals surface area contributed by atoms with Gasteiger partial charge in [0.15, 0.2) is 0 Å². The molecule has 1 spiro atoms. The molecule has 7 nitrogen and oxygen atoms in total. The lowest BCUT2D eigenvalue weighted by Gasteiger charge is -2.41. The van der Waals surface area contributed by atoms with Crippen LogP contribution >= 0.6 is 0 Å². The number of rotatable bonds is 2. The molecule has 8 heteroatoms. The van der Waals surface area contributed by atoms with E-state index >= 15 is 0 Å². The first-order valence-electron chi connectivity index (χ1n) is 9.48. The molecule has 3 heterocycles. The van der Waals surface area contributed by atoms with Gasteiger partial charge in [0.1, 0.15) is 0 Å². The molecule has 3 atom stereocenters. The number of nitrogens with two attached hydrogens (primary N) is 1. The summed E-state index contributed by atoms with van der Waals surface area (Å²) < 4.78 is 26.8. The second-order valence-electron chi connectivity index (χ2n) is 8.17. The van der Waals surface area contributed by atoms with Gasteiger partial charge in [-0.15, -0.1) is 0 Å². The Morgan fingerprint density at radius 3 is 2.67 bits per heavy atom. The highest BCUT2D eigenvalue weighted by molar-refractivity contribution is 7.86. The molecule has 0 radical (unpaired) electrons. The minimum atomic E-state index is -3.65. The van der Waals surface area contributed by atoms with Crippen LogP contribution in [0.25, 0.3) is 11.3 Å². The molecule has 1 aliphatic carbocycles. The maximum atomic E-state index is 11.6. The lowest BCUT2D eigenvalue weighted by atomic mass is 9.73. The molecule has 144 valence electrons. The van der Waals surface area contributed by atoms with Crippen molar-refractivity contribution in [2.45, 2.75) is 37.8 Å². The van der Waals surface area contributed by atoms with Gasteiger partial charge in [0.25, 0.3) is 10.2 Å². The number of hydrogen-bond acceptors (Lipinski definition) is 4. The van der Waals surface area contributed by atoms with E-state index in [1.165, 1.54) is 15.4 Å². The van der Waals surface area contributed by atoms with E-state index in [1.54, 1.807) is 0 Å². The van der Waals surface area contributed by atoms with Crippen LogP contribution in [0.2, 0.25) is 0 Å². The Kier molecular flexibility index (Phi) is 3.78. The van der Waals surface area contributed by atoms with E-state index in [-0.39, 0.29) is 17.4 Å². The molecule has 27 heavy (non-hydrogen) atoms. The molecule has 3 N–H and O–H groups in total. The fourth-order valence-electron chi connectivity index (χ4n) is 5.59. The molecule has 1 unspecified atom stereocenters. The molecule has 0 amide bonds. The van der Waals surface area contributed by atoms with Crippen molar-refractivity contribution in [3.63, 3.8) is 0 Å². The van der Waals surface area contributed by atoms with Crippen molar-refractivity contribution in [3.05, 3.63) is 42.4 Å². The first-order chi connectivity index (χ1) is 12.9. The number of benzene rings is 1. The fourth-order valence-corrected chi connectivity index (χ4v) is 6.28. The number of imidazole rings is 1. The summed E-state index contributed by atoms with van der Waals surface area (Å²) in [6.45, 7) is 0.778. The molecule has 0 bridgehead atoms. The van der Waals surface area contributed by atoms with Gasteiger partial charge in [-0.05, 0) is 36.7 Å². The summed E-state index contributed by atoms with van der Waals surface area (Å²) in [6, 6.07) is 8.43. The monoisotopic (exact) mass is 388 g/mol. The Bertz CT molecular complexity index is 978. The fraction of sp³-hybridized carbons (Fsp3) is 0.526. The minimum Gasteiger partial charge on any atom is -0.392 e. The molecule has 2 fully saturated rings. The Morgan fingerprint density at radius 1 is 1.19 bits per heavy atom. The van der Waals surface area contributed by atoms with E-state index in [1.807, 2.05) is 24.7 Å². The second kappa shape index (κ2) is 5.88. The highest BCUT2D eigenvalue weighted by Gasteiger charge is 2.53. The number of piperidine rings is 1. The van der Waals surface area contributed by atoms with Gasteiger partial charge in [0.05, 0.1) is 30.4 Å². The Hall–Kier alpha value is -1.74. The summed E-state index contributed by atoms with van der Waals surface area (Å²) in [5.41, 5.74) is 3.33. The maximum Gasteiger partial charge on any atom is 0.276 e. The van der Waals surface area contributed by atoms with E-state index in [0.717, 1.165) is 18.5 Å². The van der Waals surface area contributed by atoms with Crippen molar-refractivity contribution < 1.29 is 13.5 Å². The van der Waals surface area contributed by atoms with Gasteiger partial charge >= 0.3 is 0 Å². The third-order valence-electron chi connectivity index (χ3n) is 7.01. The van der Waals surface area contributed by atoms with Crippen LogP contribution in [-0.4, -0.2) is 46.6 Å². The number of aromatic nitrogens is 2. The maximum absolute atomic E-state index is 11.6. The van der Waals surface area contributed by atoms with E-state index < -0.39 is 16.3 Å². The summed E-state index contributed by atoms with van der Waals surface area (Å²) >= 11 is 0. The molecule has 1 aromatic carbocycles. The zero-order chi connectivity index (χ0) is 18.8. The van der Waals surface area contributed by atoms with Crippen LogP contribution in [-0.2, 0) is 10.2 Å². The van der Waals surface area contributed by atoms with Gasteiger partial charge in [-0.3, -0.25) is 0 Å². The predicted molar refractivity (Wildman–Crippen MR) is 101 cm³/mol. The van der Waals surface area contributed by atoms with E-state index in [9.17, 15) is 13.5 Å². The summed E-state index contributed by atoms with van der Waals surface area (Å²) in [7, 11) is -3.65. The molecule has 1 saturated carbocycles. The highest BCUT2D eigenvalue weighted by atomic mass is 32.2. The predicted octanol–water partition coefficient (Wildman–Crippen LogP) is 1.51. The molecular weight excluding hydrogens is 364 g/mol. The SMILES string of the molecule is NS(=O)(=O)N1CCC2(CC[C@H](C3c4ccccc4-c4cncn43)[C@@H]2O)CC1. The summed E-state index contributed by atoms with van der Waals surface area (Å²) in [5.74, 6) is 0.0997. The molecule has 1 saturated heterocycles. The van der Waals surface area contributed by atoms with Gasteiger partial charge in [-0.2, -0.15) is 12.7 Å². The van der Waals surface area contributed by atoms with Crippen molar-refractivity contribution in [2.24, 2.45) is 16.5 Å². The van der Waals surface area contributed by atoms with Crippen molar-refractivity contribution in [1.29, 1.82) is 0 Å². The first-order valence-corrected chi connectivity index (χ1v) is 11.0. The van der Waals surface area contributed by atoms with Crippen LogP contribution in [0.15, 0.2) is 36.8 Å². The number of aliphatic hydroxyl groups excluding tert-OH is 1. The molecule has 3 aliphatic rings. The standard InChI is InChI=1S/C19H24N4O3S/c20-27(25,26)22-9-7-19(8-10-22)6-5-15(18(19)24)17-14-4-2-1-3-13(14)16-11-21-12-23(16)17/h1-4,11-12,15,17-18,24H,5-10H2,(H2,20,25,26)/t15-,17?,18+/m1/s1. The topological polar surface area (TPSA) is 101 Å². The summed E-state index contributed by atoms with van der Waals surface area (Å²) in [4.78, 5) is 4.32. The average Bonchev–Trinajstić information content (AvgIpc) is 3.30. The van der Waals surface area contributed by atoms with Crippen molar-refractivity contribution in [1.82, 2.24) is 13.9 Å². The van der Waals surface area contributed by atoms with Gasteiger partial charge in [-0.1, -0.05) is 24.3 Å². The van der Waals surface area contributed by atoms with Crippen molar-refractivity contribution in [3.8, 4) is 11.3 Å². The van der Waals surface area contributed by atoms with Crippen LogP contribution in [0.4, 0.5) is 0 Å². The van der Waals surface area contributed by atoms with Gasteiger partial charge in [-0.25, -0.2) is 10.1 Å². The third-order valence-corrected chi connectivity index (χ3v) is 8.10. The van der Waals surface area contributed by atoms with Crippen molar-refractivity contribution >= 4 is 10.2 Å². The Labute approximate surface area is 159 Å². The molecule has 2 aliphatic heterocycles. The lowest BCUT2D eigenvalue weighted by Crippen LogP contribution is -2.49. The van der Waals surface area contributed by atoms with E-state index in [2.05, 4.69) is 21.7 Å². The van der Waals surface area contributed by atoms with E-state index in [4.69, 9.17) is 5.14 Å². The lowest BCUT2D eigenvalue weighted by molar-refractivity contribution is -0.0146. The highest BCUT2D eigenvalue weighted by Crippen LogP contribution is 2.55. The van der Waals surface area contributed by atoms with Gasteiger partial charge in [0, 0.05) is 24.6 Å². The average molecular weight is 388 g/mol. The Morgan fingerprint density at radius 2 is 1.93 bits per heavy atom. The largest absolute Gasteiger partial charge is 0.392 e. The normalized spacial score (nSPS) is 29.8. The number of nitrogens with zero attached hydrogens (tertiary/aromatic N) is 3. The summed E-state index contributed by atoms with van der Waals surface area (Å²) in [5, 5.41) is 16.6. The first kappa shape index (κ1) is 17.4. The molecular formula is C19H24N4O3S. The van der Waals surface area contributed by atoms with Crippen LogP contribution in [0.5, 0.6) is 0 Å². The quantitative estimate of drug-likeness (QED) is 0.814. The smallest absolute Gasteiger partial charge is 0.276 e. The third kappa shape index (κ3) is 2.51. The van der Waals surface area contributed by atoms with Crippen LogP contribution in [0.3, 0.4) is 0 Å². The van der Waals surface area contributed by atoms with Gasteiger partial charge < -0.3 is 9.67 Å². The minimum absolute atomic E-state index is 0.0874. The zero-order valence-electron chi connectivity index (χ0n) is 15.0. The summed E-state index contributed by atoms with van der Waals surface area (Å²) in [6.07, 6.45) is 6.44. The number of fused-ring (bicyclic) bond motifs is 3.